The summed E-state index contributed by atoms with van der Waals surface area (Å²) in [6, 6.07) is 6.01. The lowest BCUT2D eigenvalue weighted by Crippen LogP contribution is -2.04. The van der Waals surface area contributed by atoms with Crippen molar-refractivity contribution < 1.29 is 8.60 Å². The molecule has 0 aliphatic heterocycles. The summed E-state index contributed by atoms with van der Waals surface area (Å²) in [7, 11) is -0.986. The van der Waals surface area contributed by atoms with Crippen LogP contribution in [0.15, 0.2) is 18.2 Å². The minimum Gasteiger partial charge on any atom is -0.259 e. The summed E-state index contributed by atoms with van der Waals surface area (Å²) in [4.78, 5) is 0. The van der Waals surface area contributed by atoms with Crippen LogP contribution in [-0.4, -0.2) is 9.96 Å². The quantitative estimate of drug-likeness (QED) is 0.809. The molecule has 0 N–H and O–H groups in total. The minimum absolute atomic E-state index is 0.279. The molecular formula is C13H16FNOS. The molecular weight excluding hydrogens is 237 g/mol. The second-order valence-corrected chi connectivity index (χ2v) is 6.01. The van der Waals surface area contributed by atoms with Gasteiger partial charge in [0.05, 0.1) is 11.6 Å². The molecule has 0 radical (unpaired) electrons. The van der Waals surface area contributed by atoms with E-state index in [0.29, 0.717) is 23.0 Å². The zero-order valence-corrected chi connectivity index (χ0v) is 10.9. The molecule has 17 heavy (non-hydrogen) atoms. The van der Waals surface area contributed by atoms with Crippen molar-refractivity contribution in [3.8, 4) is 6.07 Å². The molecule has 0 aromatic heterocycles. The van der Waals surface area contributed by atoms with Crippen molar-refractivity contribution in [2.45, 2.75) is 26.0 Å². The van der Waals surface area contributed by atoms with E-state index in [1.54, 1.807) is 6.07 Å². The van der Waals surface area contributed by atoms with Crippen LogP contribution in [0.2, 0.25) is 0 Å². The van der Waals surface area contributed by atoms with Crippen molar-refractivity contribution in [2.24, 2.45) is 5.92 Å². The third-order valence-electron chi connectivity index (χ3n) is 2.34. The highest BCUT2D eigenvalue weighted by atomic mass is 32.2. The van der Waals surface area contributed by atoms with E-state index in [9.17, 15) is 8.60 Å². The van der Waals surface area contributed by atoms with Gasteiger partial charge in [-0.05, 0) is 36.1 Å². The Morgan fingerprint density at radius 3 is 2.71 bits per heavy atom. The fourth-order valence-electron chi connectivity index (χ4n) is 1.42. The Morgan fingerprint density at radius 2 is 2.12 bits per heavy atom. The molecule has 0 fully saturated rings. The van der Waals surface area contributed by atoms with Gasteiger partial charge < -0.3 is 0 Å². The molecule has 2 nitrogen and oxygen atoms in total. The maximum absolute atomic E-state index is 13.1. The van der Waals surface area contributed by atoms with Crippen molar-refractivity contribution in [3.63, 3.8) is 0 Å². The van der Waals surface area contributed by atoms with Crippen LogP contribution in [0.3, 0.4) is 0 Å². The molecule has 0 saturated heterocycles. The first-order valence-electron chi connectivity index (χ1n) is 5.56. The highest BCUT2D eigenvalue weighted by Gasteiger charge is 2.06. The topological polar surface area (TPSA) is 40.9 Å². The van der Waals surface area contributed by atoms with Crippen LogP contribution in [0, 0.1) is 23.1 Å². The van der Waals surface area contributed by atoms with Crippen molar-refractivity contribution >= 4 is 10.8 Å². The summed E-state index contributed by atoms with van der Waals surface area (Å²) >= 11 is 0. The van der Waals surface area contributed by atoms with Crippen LogP contribution in [0.5, 0.6) is 0 Å². The van der Waals surface area contributed by atoms with Gasteiger partial charge in [0.2, 0.25) is 0 Å². The summed E-state index contributed by atoms with van der Waals surface area (Å²) in [6.07, 6.45) is 0.896. The Hall–Kier alpha value is -1.21. The maximum Gasteiger partial charge on any atom is 0.124 e. The summed E-state index contributed by atoms with van der Waals surface area (Å²) in [6.45, 7) is 4.15. The number of benzene rings is 1. The van der Waals surface area contributed by atoms with Crippen LogP contribution >= 0.6 is 0 Å². The Bertz CT molecular complexity index is 451. The van der Waals surface area contributed by atoms with E-state index in [1.165, 1.54) is 12.1 Å². The molecule has 0 aliphatic carbocycles. The first-order chi connectivity index (χ1) is 8.01. The van der Waals surface area contributed by atoms with Crippen LogP contribution in [0.4, 0.5) is 4.39 Å². The highest BCUT2D eigenvalue weighted by Crippen LogP contribution is 2.12. The van der Waals surface area contributed by atoms with Crippen LogP contribution in [0.25, 0.3) is 0 Å². The van der Waals surface area contributed by atoms with Crippen molar-refractivity contribution in [1.82, 2.24) is 0 Å². The molecule has 0 aliphatic rings. The van der Waals surface area contributed by atoms with Gasteiger partial charge in [-0.15, -0.1) is 0 Å². The normalized spacial score (nSPS) is 12.4. The SMILES string of the molecule is CC(C)CCS(=O)Cc1cc(F)cc(C#N)c1. The average Bonchev–Trinajstić information content (AvgIpc) is 2.25. The highest BCUT2D eigenvalue weighted by molar-refractivity contribution is 7.84. The van der Waals surface area contributed by atoms with E-state index in [2.05, 4.69) is 13.8 Å². The molecule has 0 bridgehead atoms. The molecule has 1 aromatic carbocycles. The van der Waals surface area contributed by atoms with Gasteiger partial charge >= 0.3 is 0 Å². The Balaban J connectivity index is 2.65. The van der Waals surface area contributed by atoms with Gasteiger partial charge in [-0.25, -0.2) is 4.39 Å². The molecule has 0 spiro atoms. The number of halogens is 1. The van der Waals surface area contributed by atoms with Crippen molar-refractivity contribution in [1.29, 1.82) is 5.26 Å². The van der Waals surface area contributed by atoms with Crippen molar-refractivity contribution in [2.75, 3.05) is 5.75 Å². The van der Waals surface area contributed by atoms with Gasteiger partial charge in [-0.3, -0.25) is 4.21 Å². The molecule has 92 valence electrons. The van der Waals surface area contributed by atoms with Gasteiger partial charge in [-0.2, -0.15) is 5.26 Å². The summed E-state index contributed by atoms with van der Waals surface area (Å²) in [5.41, 5.74) is 0.907. The number of rotatable bonds is 5. The van der Waals surface area contributed by atoms with E-state index >= 15 is 0 Å². The van der Waals surface area contributed by atoms with E-state index in [1.807, 2.05) is 6.07 Å². The fourth-order valence-corrected chi connectivity index (χ4v) is 2.84. The van der Waals surface area contributed by atoms with Gasteiger partial charge in [0, 0.05) is 22.3 Å². The fraction of sp³-hybridized carbons (Fsp3) is 0.462. The average molecular weight is 253 g/mol. The molecule has 4 heteroatoms. The number of hydrogen-bond donors (Lipinski definition) is 0. The third-order valence-corrected chi connectivity index (χ3v) is 3.68. The lowest BCUT2D eigenvalue weighted by atomic mass is 10.1. The number of nitriles is 1. The molecule has 0 amide bonds. The van der Waals surface area contributed by atoms with Crippen LogP contribution in [-0.2, 0) is 16.6 Å². The number of hydrogen-bond acceptors (Lipinski definition) is 2. The van der Waals surface area contributed by atoms with Crippen LogP contribution < -0.4 is 0 Å². The smallest absolute Gasteiger partial charge is 0.124 e. The Kier molecular flexibility index (Phi) is 5.30. The lowest BCUT2D eigenvalue weighted by molar-refractivity contribution is 0.618. The van der Waals surface area contributed by atoms with Gasteiger partial charge in [0.25, 0.3) is 0 Å². The maximum atomic E-state index is 13.1. The van der Waals surface area contributed by atoms with E-state index in [0.717, 1.165) is 6.42 Å². The second kappa shape index (κ2) is 6.51. The monoisotopic (exact) mass is 253 g/mol. The molecule has 1 rings (SSSR count). The zero-order valence-electron chi connectivity index (χ0n) is 10.1. The van der Waals surface area contributed by atoms with Gasteiger partial charge in [-0.1, -0.05) is 13.8 Å². The predicted octanol–water partition coefficient (Wildman–Crippen LogP) is 2.99. The number of nitrogens with zero attached hydrogens (tertiary/aromatic N) is 1. The lowest BCUT2D eigenvalue weighted by Gasteiger charge is -2.05. The molecule has 1 aromatic rings. The van der Waals surface area contributed by atoms with E-state index in [4.69, 9.17) is 5.26 Å². The zero-order chi connectivity index (χ0) is 12.8. The standard InChI is InChI=1S/C13H16FNOS/c1-10(2)3-4-17(16)9-12-5-11(8-15)6-13(14)7-12/h5-7,10H,3-4,9H2,1-2H3. The molecule has 0 saturated carbocycles. The summed E-state index contributed by atoms with van der Waals surface area (Å²) in [5, 5.41) is 8.70. The molecule has 1 atom stereocenters. The van der Waals surface area contributed by atoms with Crippen molar-refractivity contribution in [3.05, 3.63) is 35.1 Å². The molecule has 1 unspecified atom stereocenters. The summed E-state index contributed by atoms with van der Waals surface area (Å²) in [5.74, 6) is 1.01. The van der Waals surface area contributed by atoms with E-state index in [-0.39, 0.29) is 5.56 Å². The first-order valence-corrected chi connectivity index (χ1v) is 7.04. The van der Waals surface area contributed by atoms with Gasteiger partial charge in [0.1, 0.15) is 5.82 Å². The van der Waals surface area contributed by atoms with Crippen LogP contribution in [0.1, 0.15) is 31.4 Å². The summed E-state index contributed by atoms with van der Waals surface area (Å²) < 4.78 is 24.9. The van der Waals surface area contributed by atoms with Gasteiger partial charge in [0.15, 0.2) is 0 Å². The van der Waals surface area contributed by atoms with E-state index < -0.39 is 16.6 Å². The molecule has 0 heterocycles. The predicted molar refractivity (Wildman–Crippen MR) is 67.3 cm³/mol. The first kappa shape index (κ1) is 13.9. The third kappa shape index (κ3) is 5.10. The minimum atomic E-state index is -0.986. The Morgan fingerprint density at radius 1 is 1.41 bits per heavy atom. The Labute approximate surface area is 104 Å². The largest absolute Gasteiger partial charge is 0.259 e. The second-order valence-electron chi connectivity index (χ2n) is 4.43.